The normalized spacial score (nSPS) is 15.4. The van der Waals surface area contributed by atoms with Crippen molar-refractivity contribution in [2.24, 2.45) is 0 Å². The number of nitrogen functional groups attached to an aromatic ring is 1. The number of halogens is 2. The van der Waals surface area contributed by atoms with E-state index in [4.69, 9.17) is 15.2 Å². The number of rotatable bonds is 11. The molecule has 0 radical (unpaired) electrons. The number of thiazole rings is 2. The van der Waals surface area contributed by atoms with E-state index in [0.29, 0.717) is 35.6 Å². The molecule has 16 heteroatoms. The summed E-state index contributed by atoms with van der Waals surface area (Å²) in [5, 5.41) is 13.6. The minimum absolute atomic E-state index is 0.0792. The third-order valence-corrected chi connectivity index (χ3v) is 12.7. The second kappa shape index (κ2) is 18.9. The number of pyridine rings is 2. The summed E-state index contributed by atoms with van der Waals surface area (Å²) in [6.07, 6.45) is 11.4. The minimum atomic E-state index is -0.569. The second-order valence-corrected chi connectivity index (χ2v) is 16.6. The van der Waals surface area contributed by atoms with Crippen molar-refractivity contribution in [3.8, 4) is 32.4 Å². The van der Waals surface area contributed by atoms with Crippen LogP contribution in [0.2, 0.25) is 0 Å². The summed E-state index contributed by atoms with van der Waals surface area (Å²) >= 11 is 3.31. The molecule has 4 aromatic heterocycles. The first-order valence-electron chi connectivity index (χ1n) is 19.0. The van der Waals surface area contributed by atoms with Crippen LogP contribution in [0.5, 0.6) is 11.5 Å². The topological polar surface area (TPSA) is 146 Å². The summed E-state index contributed by atoms with van der Waals surface area (Å²) in [5.41, 5.74) is 9.23. The first-order chi connectivity index (χ1) is 28.1. The van der Waals surface area contributed by atoms with E-state index >= 15 is 0 Å². The Kier molecular flexibility index (Phi) is 13.3. The van der Waals surface area contributed by atoms with Crippen LogP contribution in [-0.2, 0) is 13.2 Å². The molecule has 58 heavy (non-hydrogen) atoms. The van der Waals surface area contributed by atoms with Crippen LogP contribution in [-0.4, -0.2) is 74.9 Å². The first-order valence-corrected chi connectivity index (χ1v) is 20.6. The van der Waals surface area contributed by atoms with Gasteiger partial charge in [0, 0.05) is 47.6 Å². The Morgan fingerprint density at radius 2 is 1.12 bits per heavy atom. The zero-order chi connectivity index (χ0) is 40.6. The predicted molar refractivity (Wildman–Crippen MR) is 222 cm³/mol. The van der Waals surface area contributed by atoms with Crippen LogP contribution in [0, 0.1) is 21.7 Å². The molecule has 2 aliphatic heterocycles. The SMILES string of the molecule is CN1CCC(c2ncc(-c3cnc(N)c(OCc4ccc(F)cc4)c3)s2)CC1.CN1CCC(c2ncc(-c3cnc([N+](=O)[O-])c(OCc4ccc(F)cc4)c3)s2)CC1. The largest absolute Gasteiger partial charge is 0.485 e. The van der Waals surface area contributed by atoms with Gasteiger partial charge in [-0.15, -0.1) is 22.7 Å². The highest BCUT2D eigenvalue weighted by molar-refractivity contribution is 7.15. The Balaban J connectivity index is 0.000000177. The smallest absolute Gasteiger partial charge is 0.406 e. The molecule has 0 unspecified atom stereocenters. The van der Waals surface area contributed by atoms with E-state index in [1.807, 2.05) is 12.3 Å². The molecule has 6 aromatic rings. The highest BCUT2D eigenvalue weighted by Crippen LogP contribution is 2.38. The van der Waals surface area contributed by atoms with E-state index in [9.17, 15) is 18.9 Å². The molecule has 12 nitrogen and oxygen atoms in total. The highest BCUT2D eigenvalue weighted by Gasteiger charge is 2.24. The molecule has 2 N–H and O–H groups in total. The predicted octanol–water partition coefficient (Wildman–Crippen LogP) is 8.96. The van der Waals surface area contributed by atoms with Crippen molar-refractivity contribution in [3.05, 3.63) is 128 Å². The lowest BCUT2D eigenvalue weighted by Gasteiger charge is -2.27. The number of nitro groups is 1. The number of nitrogens with two attached hydrogens (primary N) is 1. The van der Waals surface area contributed by atoms with Gasteiger partial charge < -0.3 is 35.1 Å². The van der Waals surface area contributed by atoms with E-state index in [2.05, 4.69) is 43.8 Å². The van der Waals surface area contributed by atoms with Crippen LogP contribution < -0.4 is 15.2 Å². The van der Waals surface area contributed by atoms with Gasteiger partial charge in [-0.3, -0.25) is 0 Å². The zero-order valence-corrected chi connectivity index (χ0v) is 33.9. The van der Waals surface area contributed by atoms with Crippen LogP contribution in [0.4, 0.5) is 20.4 Å². The van der Waals surface area contributed by atoms with E-state index in [0.717, 1.165) is 83.3 Å². The van der Waals surface area contributed by atoms with Gasteiger partial charge in [0.05, 0.1) is 19.8 Å². The molecular weight excluding hydrogens is 783 g/mol. The van der Waals surface area contributed by atoms with Gasteiger partial charge in [0.1, 0.15) is 31.0 Å². The number of aromatic nitrogens is 4. The number of hydrogen-bond acceptors (Lipinski definition) is 13. The Hall–Kier alpha value is -5.42. The average molecular weight is 827 g/mol. The van der Waals surface area contributed by atoms with Gasteiger partial charge in [0.25, 0.3) is 0 Å². The highest BCUT2D eigenvalue weighted by atomic mass is 32.1. The van der Waals surface area contributed by atoms with Crippen LogP contribution in [0.25, 0.3) is 20.9 Å². The molecule has 0 atom stereocenters. The molecule has 0 amide bonds. The number of likely N-dealkylation sites (tertiary alicyclic amines) is 2. The molecule has 0 aliphatic carbocycles. The summed E-state index contributed by atoms with van der Waals surface area (Å²) in [6.45, 7) is 4.73. The average Bonchev–Trinajstić information content (AvgIpc) is 3.93. The monoisotopic (exact) mass is 826 g/mol. The maximum atomic E-state index is 13.1. The Morgan fingerprint density at radius 3 is 1.59 bits per heavy atom. The van der Waals surface area contributed by atoms with Gasteiger partial charge in [0.15, 0.2) is 11.6 Å². The Bertz CT molecular complexity index is 2290. The van der Waals surface area contributed by atoms with Crippen molar-refractivity contribution in [1.29, 1.82) is 0 Å². The summed E-state index contributed by atoms with van der Waals surface area (Å²) in [5.74, 6) is 0.960. The lowest BCUT2D eigenvalue weighted by Crippen LogP contribution is -2.29. The molecule has 2 fully saturated rings. The Morgan fingerprint density at radius 1 is 0.690 bits per heavy atom. The number of piperidine rings is 2. The molecule has 2 saturated heterocycles. The maximum absolute atomic E-state index is 13.1. The quantitative estimate of drug-likeness (QED) is 0.0987. The summed E-state index contributed by atoms with van der Waals surface area (Å²) in [7, 11) is 4.29. The van der Waals surface area contributed by atoms with E-state index in [1.165, 1.54) is 35.5 Å². The van der Waals surface area contributed by atoms with Crippen molar-refractivity contribution < 1.29 is 23.2 Å². The Labute approximate surface area is 343 Å². The van der Waals surface area contributed by atoms with Crippen LogP contribution in [0.3, 0.4) is 0 Å². The first kappa shape index (κ1) is 40.8. The fourth-order valence-electron chi connectivity index (χ4n) is 6.74. The third-order valence-electron chi connectivity index (χ3n) is 10.3. The lowest BCUT2D eigenvalue weighted by molar-refractivity contribution is -0.390. The minimum Gasteiger partial charge on any atom is -0.485 e. The van der Waals surface area contributed by atoms with Crippen molar-refractivity contribution in [2.45, 2.75) is 50.7 Å². The number of ether oxygens (including phenoxy) is 2. The second-order valence-electron chi connectivity index (χ2n) is 14.5. The fraction of sp³-hybridized carbons (Fsp3) is 0.333. The van der Waals surface area contributed by atoms with Gasteiger partial charge in [-0.2, -0.15) is 0 Å². The van der Waals surface area contributed by atoms with Crippen LogP contribution >= 0.6 is 22.7 Å². The van der Waals surface area contributed by atoms with Gasteiger partial charge in [-0.25, -0.2) is 23.7 Å². The molecular formula is C42H44F2N8O4S2. The fourth-order valence-corrected chi connectivity index (χ4v) is 8.87. The molecule has 0 bridgehead atoms. The molecule has 302 valence electrons. The van der Waals surface area contributed by atoms with Crippen LogP contribution in [0.15, 0.2) is 85.5 Å². The summed E-state index contributed by atoms with van der Waals surface area (Å²) in [4.78, 5) is 35.0. The standard InChI is InChI=1S/C21H21FN4O3S.C21H23FN4OS/c1-25-8-6-15(7-9-25)21-24-12-19(30-21)16-10-18(20(23-11-16)26(27)28)29-13-14-2-4-17(22)5-3-14;1-26-8-6-15(7-9-26)21-25-12-19(28-21)16-10-18(20(23)24-11-16)27-13-14-2-4-17(22)5-3-14/h2-5,10-12,15H,6-9,13H2,1H3;2-5,10-12,15H,6-9,13H2,1H3,(H2,23,24). The number of benzene rings is 2. The van der Waals surface area contributed by atoms with Crippen molar-refractivity contribution in [1.82, 2.24) is 29.7 Å². The number of anilines is 1. The molecule has 0 spiro atoms. The van der Waals surface area contributed by atoms with Crippen LogP contribution in [0.1, 0.15) is 58.7 Å². The maximum Gasteiger partial charge on any atom is 0.406 e. The zero-order valence-electron chi connectivity index (χ0n) is 32.2. The van der Waals surface area contributed by atoms with Crippen molar-refractivity contribution >= 4 is 34.3 Å². The van der Waals surface area contributed by atoms with Gasteiger partial charge in [-0.05, 0) is 117 Å². The summed E-state index contributed by atoms with van der Waals surface area (Å²) < 4.78 is 37.6. The van der Waals surface area contributed by atoms with Gasteiger partial charge >= 0.3 is 5.82 Å². The molecule has 2 aromatic carbocycles. The molecule has 0 saturated carbocycles. The number of hydrogen-bond donors (Lipinski definition) is 1. The van der Waals surface area contributed by atoms with E-state index < -0.39 is 4.92 Å². The summed E-state index contributed by atoms with van der Waals surface area (Å²) in [6, 6.07) is 15.5. The lowest BCUT2D eigenvalue weighted by atomic mass is 9.98. The molecule has 6 heterocycles. The molecule has 8 rings (SSSR count). The van der Waals surface area contributed by atoms with E-state index in [1.54, 1.807) is 65.4 Å². The van der Waals surface area contributed by atoms with E-state index in [-0.39, 0.29) is 29.8 Å². The van der Waals surface area contributed by atoms with Crippen molar-refractivity contribution in [3.63, 3.8) is 0 Å². The number of nitrogens with zero attached hydrogens (tertiary/aromatic N) is 7. The third kappa shape index (κ3) is 10.5. The van der Waals surface area contributed by atoms with Crippen molar-refractivity contribution in [2.75, 3.05) is 46.0 Å². The molecule has 2 aliphatic rings. The van der Waals surface area contributed by atoms with Gasteiger partial charge in [-0.1, -0.05) is 24.3 Å². The van der Waals surface area contributed by atoms with Gasteiger partial charge in [0.2, 0.25) is 5.75 Å².